The van der Waals surface area contributed by atoms with Crippen LogP contribution in [-0.4, -0.2) is 35.5 Å². The molecule has 0 aliphatic carbocycles. The monoisotopic (exact) mass is 383 g/mol. The molecular weight excluding hydrogens is 370 g/mol. The van der Waals surface area contributed by atoms with E-state index in [1.165, 1.54) is 12.1 Å². The largest absolute Gasteiger partial charge is 0.426 e. The first-order valence-corrected chi connectivity index (χ1v) is 10.0. The number of hydrogen-bond donors (Lipinski definition) is 0. The lowest BCUT2D eigenvalue weighted by Gasteiger charge is -2.06. The first kappa shape index (κ1) is 18.7. The van der Waals surface area contributed by atoms with E-state index in [1.54, 1.807) is 18.2 Å². The molecule has 0 heterocycles. The molecule has 0 radical (unpaired) electrons. The number of para-hydroxylation sites is 1. The zero-order valence-electron chi connectivity index (χ0n) is 12.9. The van der Waals surface area contributed by atoms with Crippen LogP contribution in [0.15, 0.2) is 58.3 Å². The quantitative estimate of drug-likeness (QED) is 0.322. The van der Waals surface area contributed by atoms with Crippen molar-refractivity contribution in [2.24, 2.45) is 0 Å². The van der Waals surface area contributed by atoms with Crippen molar-refractivity contribution in [2.45, 2.75) is 9.79 Å². The Morgan fingerprint density at radius 3 is 2.40 bits per heavy atom. The average molecular weight is 383 g/mol. The van der Waals surface area contributed by atoms with Crippen LogP contribution < -0.4 is 4.74 Å². The van der Waals surface area contributed by atoms with Crippen molar-refractivity contribution >= 4 is 32.3 Å². The van der Waals surface area contributed by atoms with Crippen molar-refractivity contribution < 1.29 is 27.1 Å². The fourth-order valence-corrected chi connectivity index (χ4v) is 3.55. The van der Waals surface area contributed by atoms with Crippen LogP contribution in [-0.2, 0) is 25.4 Å². The molecule has 2 rings (SSSR count). The highest BCUT2D eigenvalue weighted by molar-refractivity contribution is 7.90. The van der Waals surface area contributed by atoms with Crippen LogP contribution in [0.4, 0.5) is 5.69 Å². The van der Waals surface area contributed by atoms with Gasteiger partial charge in [-0.2, -0.15) is 0 Å². The first-order valence-electron chi connectivity index (χ1n) is 6.81. The number of esters is 1. The van der Waals surface area contributed by atoms with Crippen LogP contribution in [0.3, 0.4) is 0 Å². The van der Waals surface area contributed by atoms with Gasteiger partial charge in [-0.15, -0.1) is 0 Å². The maximum Gasteiger partial charge on any atom is 0.324 e. The van der Waals surface area contributed by atoms with Crippen LogP contribution >= 0.6 is 0 Å². The Morgan fingerprint density at radius 2 is 1.84 bits per heavy atom. The van der Waals surface area contributed by atoms with Crippen molar-refractivity contribution in [3.8, 4) is 5.75 Å². The summed E-state index contributed by atoms with van der Waals surface area (Å²) in [5.41, 5.74) is -0.631. The third-order valence-corrected chi connectivity index (χ3v) is 5.47. The summed E-state index contributed by atoms with van der Waals surface area (Å²) in [7, 11) is -5.73. The molecular formula is C15H13NO7S2. The predicted molar refractivity (Wildman–Crippen MR) is 89.6 cm³/mol. The van der Waals surface area contributed by atoms with Crippen LogP contribution in [0.1, 0.15) is 0 Å². The van der Waals surface area contributed by atoms with Crippen molar-refractivity contribution in [2.75, 3.05) is 12.0 Å². The molecule has 0 saturated carbocycles. The van der Waals surface area contributed by atoms with Crippen LogP contribution in [0.2, 0.25) is 0 Å². The minimum absolute atomic E-state index is 0.248. The molecule has 0 N–H and O–H groups in total. The maximum absolute atomic E-state index is 12.3. The Hall–Kier alpha value is -2.59. The lowest BCUT2D eigenvalue weighted by Crippen LogP contribution is -2.17. The number of rotatable bonds is 6. The number of nitrogens with zero attached hydrogens (tertiary/aromatic N) is 1. The minimum Gasteiger partial charge on any atom is -0.426 e. The summed E-state index contributed by atoms with van der Waals surface area (Å²) in [6.07, 6.45) is 0.903. The van der Waals surface area contributed by atoms with Gasteiger partial charge in [-0.05, 0) is 24.3 Å². The Balaban J connectivity index is 2.24. The number of benzene rings is 2. The van der Waals surface area contributed by atoms with Gasteiger partial charge in [0.1, 0.15) is 16.4 Å². The van der Waals surface area contributed by atoms with Gasteiger partial charge >= 0.3 is 5.97 Å². The molecule has 2 aromatic carbocycles. The molecule has 1 atom stereocenters. The average Bonchev–Trinajstić information content (AvgIpc) is 2.54. The topological polar surface area (TPSA) is 121 Å². The minimum atomic E-state index is -3.66. The molecule has 2 aromatic rings. The molecule has 0 fully saturated rings. The number of carbonyl (C=O) groups is 1. The second kappa shape index (κ2) is 7.53. The zero-order valence-corrected chi connectivity index (χ0v) is 14.6. The van der Waals surface area contributed by atoms with Gasteiger partial charge in [0.15, 0.2) is 9.84 Å². The molecule has 0 saturated heterocycles. The lowest BCUT2D eigenvalue weighted by molar-refractivity contribution is -0.388. The van der Waals surface area contributed by atoms with E-state index in [4.69, 9.17) is 4.74 Å². The second-order valence-electron chi connectivity index (χ2n) is 4.94. The summed E-state index contributed by atoms with van der Waals surface area (Å²) in [6.45, 7) is 0. The third kappa shape index (κ3) is 4.94. The smallest absolute Gasteiger partial charge is 0.324 e. The number of sulfone groups is 1. The molecule has 0 unspecified atom stereocenters. The van der Waals surface area contributed by atoms with E-state index in [2.05, 4.69) is 0 Å². The normalized spacial score (nSPS) is 12.4. The molecule has 25 heavy (non-hydrogen) atoms. The lowest BCUT2D eigenvalue weighted by atomic mass is 10.3. The van der Waals surface area contributed by atoms with E-state index < -0.39 is 43.0 Å². The molecule has 0 aliphatic rings. The highest BCUT2D eigenvalue weighted by atomic mass is 32.2. The summed E-state index contributed by atoms with van der Waals surface area (Å²) in [5, 5.41) is 11.1. The van der Waals surface area contributed by atoms with Crippen molar-refractivity contribution in [1.29, 1.82) is 0 Å². The number of nitro groups is 1. The SMILES string of the molecule is CS(=O)(=O)c1ccc([S@](=O)CC(=O)Oc2ccccc2)c([N+](=O)[O-])c1. The van der Waals surface area contributed by atoms with Crippen LogP contribution in [0.5, 0.6) is 5.75 Å². The first-order chi connectivity index (χ1) is 11.7. The number of hydrogen-bond acceptors (Lipinski definition) is 7. The Bertz CT molecular complexity index is 940. The Kier molecular flexibility index (Phi) is 5.65. The fourth-order valence-electron chi connectivity index (χ4n) is 1.90. The summed E-state index contributed by atoms with van der Waals surface area (Å²) in [5.74, 6) is -1.18. The van der Waals surface area contributed by atoms with E-state index in [0.717, 1.165) is 24.5 Å². The van der Waals surface area contributed by atoms with Crippen LogP contribution in [0, 0.1) is 10.1 Å². The molecule has 0 aromatic heterocycles. The molecule has 10 heteroatoms. The molecule has 8 nitrogen and oxygen atoms in total. The standard InChI is InChI=1S/C15H13NO7S2/c1-25(21,22)12-7-8-14(13(9-12)16(18)19)24(20)10-15(17)23-11-5-3-2-4-6-11/h2-9H,10H2,1H3/t24-/m1/s1. The third-order valence-electron chi connectivity index (χ3n) is 3.02. The van der Waals surface area contributed by atoms with Crippen molar-refractivity contribution in [1.82, 2.24) is 0 Å². The van der Waals surface area contributed by atoms with Gasteiger partial charge in [-0.3, -0.25) is 19.1 Å². The Morgan fingerprint density at radius 1 is 1.20 bits per heavy atom. The molecule has 132 valence electrons. The highest BCUT2D eigenvalue weighted by Gasteiger charge is 2.24. The molecule has 0 aliphatic heterocycles. The number of nitro benzene ring substituents is 1. The van der Waals surface area contributed by atoms with E-state index in [0.29, 0.717) is 0 Å². The summed E-state index contributed by atoms with van der Waals surface area (Å²) >= 11 is 0. The second-order valence-corrected chi connectivity index (χ2v) is 8.37. The van der Waals surface area contributed by atoms with Gasteiger partial charge in [0.25, 0.3) is 5.69 Å². The van der Waals surface area contributed by atoms with E-state index in [9.17, 15) is 27.5 Å². The van der Waals surface area contributed by atoms with E-state index in [1.807, 2.05) is 0 Å². The van der Waals surface area contributed by atoms with Gasteiger partial charge < -0.3 is 4.74 Å². The highest BCUT2D eigenvalue weighted by Crippen LogP contribution is 2.26. The fraction of sp³-hybridized carbons (Fsp3) is 0.133. The number of carbonyl (C=O) groups excluding carboxylic acids is 1. The Labute approximate surface area is 146 Å². The molecule has 0 bridgehead atoms. The molecule has 0 amide bonds. The van der Waals surface area contributed by atoms with Crippen LogP contribution in [0.25, 0.3) is 0 Å². The van der Waals surface area contributed by atoms with Gasteiger partial charge in [0.2, 0.25) is 0 Å². The van der Waals surface area contributed by atoms with Gasteiger partial charge in [-0.1, -0.05) is 18.2 Å². The molecule has 0 spiro atoms. The van der Waals surface area contributed by atoms with Gasteiger partial charge in [0.05, 0.1) is 20.6 Å². The summed E-state index contributed by atoms with van der Waals surface area (Å²) in [6, 6.07) is 11.1. The van der Waals surface area contributed by atoms with Gasteiger partial charge in [0, 0.05) is 12.3 Å². The summed E-state index contributed by atoms with van der Waals surface area (Å²) in [4.78, 5) is 21.6. The zero-order chi connectivity index (χ0) is 18.6. The van der Waals surface area contributed by atoms with Crippen molar-refractivity contribution in [3.05, 3.63) is 58.6 Å². The van der Waals surface area contributed by atoms with E-state index >= 15 is 0 Å². The van der Waals surface area contributed by atoms with Crippen molar-refractivity contribution in [3.63, 3.8) is 0 Å². The van der Waals surface area contributed by atoms with E-state index in [-0.39, 0.29) is 15.5 Å². The number of ether oxygens (including phenoxy) is 1. The summed E-state index contributed by atoms with van der Waals surface area (Å²) < 4.78 is 40.3. The predicted octanol–water partition coefficient (Wildman–Crippen LogP) is 1.71. The maximum atomic E-state index is 12.3. The van der Waals surface area contributed by atoms with Gasteiger partial charge in [-0.25, -0.2) is 8.42 Å².